The van der Waals surface area contributed by atoms with E-state index >= 15 is 0 Å². The summed E-state index contributed by atoms with van der Waals surface area (Å²) in [5.74, 6) is 0. The molecule has 0 aliphatic carbocycles. The Morgan fingerprint density at radius 2 is 2.05 bits per heavy atom. The molecule has 3 rings (SSSR count). The van der Waals surface area contributed by atoms with E-state index in [0.29, 0.717) is 6.04 Å². The molecule has 1 atom stereocenters. The van der Waals surface area contributed by atoms with E-state index in [9.17, 15) is 8.42 Å². The number of primary sulfonamides is 1. The second-order valence-corrected chi connectivity index (χ2v) is 7.94. The van der Waals surface area contributed by atoms with Crippen molar-refractivity contribution in [2.24, 2.45) is 5.14 Å². The van der Waals surface area contributed by atoms with E-state index in [1.54, 1.807) is 0 Å². The quantitative estimate of drug-likeness (QED) is 0.878. The molecule has 0 saturated carbocycles. The van der Waals surface area contributed by atoms with E-state index in [-0.39, 0.29) is 4.21 Å². The summed E-state index contributed by atoms with van der Waals surface area (Å²) in [6.45, 7) is 4.27. The Kier molecular flexibility index (Phi) is 3.50. The highest BCUT2D eigenvalue weighted by atomic mass is 32.2. The number of anilines is 1. The van der Waals surface area contributed by atoms with Crippen LogP contribution in [0.15, 0.2) is 10.4 Å². The van der Waals surface area contributed by atoms with Crippen molar-refractivity contribution in [3.63, 3.8) is 0 Å². The minimum absolute atomic E-state index is 0.145. The molecule has 6 nitrogen and oxygen atoms in total. The Morgan fingerprint density at radius 3 is 2.68 bits per heavy atom. The van der Waals surface area contributed by atoms with Crippen molar-refractivity contribution in [2.75, 3.05) is 31.1 Å². The fraction of sp³-hybridized carbons (Fsp3) is 0.727. The average Bonchev–Trinajstić information content (AvgIpc) is 3.10. The van der Waals surface area contributed by atoms with Crippen molar-refractivity contribution in [1.29, 1.82) is 0 Å². The molecular weight excluding hydrogens is 284 g/mol. The van der Waals surface area contributed by atoms with E-state index < -0.39 is 10.0 Å². The van der Waals surface area contributed by atoms with Crippen LogP contribution in [0.25, 0.3) is 0 Å². The molecule has 106 valence electrons. The zero-order valence-corrected chi connectivity index (χ0v) is 12.3. The van der Waals surface area contributed by atoms with Gasteiger partial charge in [-0.3, -0.25) is 4.90 Å². The zero-order valence-electron chi connectivity index (χ0n) is 10.7. The first kappa shape index (κ1) is 13.3. The predicted octanol–water partition coefficient (Wildman–Crippen LogP) is 0.465. The normalized spacial score (nSPS) is 25.3. The first-order chi connectivity index (χ1) is 9.04. The lowest BCUT2D eigenvalue weighted by Gasteiger charge is -2.23. The van der Waals surface area contributed by atoms with Crippen LogP contribution in [0.1, 0.15) is 19.3 Å². The first-order valence-electron chi connectivity index (χ1n) is 6.52. The summed E-state index contributed by atoms with van der Waals surface area (Å²) >= 11 is 1.16. The van der Waals surface area contributed by atoms with Crippen molar-refractivity contribution >= 4 is 26.5 Å². The van der Waals surface area contributed by atoms with Crippen molar-refractivity contribution in [1.82, 2.24) is 9.88 Å². The number of nitrogens with zero attached hydrogens (tertiary/aromatic N) is 3. The number of thiazole rings is 1. The van der Waals surface area contributed by atoms with Gasteiger partial charge in [-0.15, -0.1) is 0 Å². The average molecular weight is 302 g/mol. The third kappa shape index (κ3) is 2.76. The molecule has 2 aliphatic heterocycles. The number of hydrogen-bond acceptors (Lipinski definition) is 6. The first-order valence-corrected chi connectivity index (χ1v) is 8.88. The predicted molar refractivity (Wildman–Crippen MR) is 74.9 cm³/mol. The van der Waals surface area contributed by atoms with E-state index in [1.807, 2.05) is 0 Å². The Hall–Kier alpha value is -0.700. The highest BCUT2D eigenvalue weighted by molar-refractivity contribution is 7.91. The summed E-state index contributed by atoms with van der Waals surface area (Å²) in [5.41, 5.74) is 0. The van der Waals surface area contributed by atoms with Gasteiger partial charge in [0, 0.05) is 19.1 Å². The smallest absolute Gasteiger partial charge is 0.249 e. The van der Waals surface area contributed by atoms with E-state index in [2.05, 4.69) is 14.8 Å². The number of sulfonamides is 1. The lowest BCUT2D eigenvalue weighted by molar-refractivity contribution is 0.260. The summed E-state index contributed by atoms with van der Waals surface area (Å²) in [4.78, 5) is 8.90. The maximum Gasteiger partial charge on any atom is 0.249 e. The highest BCUT2D eigenvalue weighted by Gasteiger charge is 2.30. The van der Waals surface area contributed by atoms with Crippen LogP contribution < -0.4 is 10.0 Å². The van der Waals surface area contributed by atoms with Crippen molar-refractivity contribution in [3.8, 4) is 0 Å². The van der Waals surface area contributed by atoms with Crippen LogP contribution in [0.4, 0.5) is 5.13 Å². The molecular formula is C11H18N4O2S2. The third-order valence-corrected chi connectivity index (χ3v) is 6.31. The van der Waals surface area contributed by atoms with Gasteiger partial charge in [-0.1, -0.05) is 11.3 Å². The van der Waals surface area contributed by atoms with Gasteiger partial charge in [0.2, 0.25) is 10.0 Å². The van der Waals surface area contributed by atoms with Crippen molar-refractivity contribution in [2.45, 2.75) is 29.5 Å². The molecule has 2 saturated heterocycles. The van der Waals surface area contributed by atoms with Crippen LogP contribution in [-0.2, 0) is 10.0 Å². The van der Waals surface area contributed by atoms with Crippen molar-refractivity contribution in [3.05, 3.63) is 6.20 Å². The molecule has 1 aromatic rings. The topological polar surface area (TPSA) is 79.5 Å². The van der Waals surface area contributed by atoms with Crippen LogP contribution in [0.3, 0.4) is 0 Å². The van der Waals surface area contributed by atoms with Gasteiger partial charge in [-0.25, -0.2) is 18.5 Å². The molecule has 1 aromatic heterocycles. The van der Waals surface area contributed by atoms with Gasteiger partial charge < -0.3 is 4.90 Å². The largest absolute Gasteiger partial charge is 0.346 e. The van der Waals surface area contributed by atoms with Gasteiger partial charge in [0.05, 0.1) is 6.20 Å². The number of rotatable bonds is 3. The Bertz CT molecular complexity index is 551. The van der Waals surface area contributed by atoms with Crippen molar-refractivity contribution < 1.29 is 8.42 Å². The maximum atomic E-state index is 11.3. The highest BCUT2D eigenvalue weighted by Crippen LogP contribution is 2.30. The van der Waals surface area contributed by atoms with Gasteiger partial charge in [0.1, 0.15) is 0 Å². The molecule has 0 bridgehead atoms. The van der Waals surface area contributed by atoms with E-state index in [4.69, 9.17) is 5.14 Å². The molecule has 0 aromatic carbocycles. The second-order valence-electron chi connectivity index (χ2n) is 5.14. The molecule has 3 heterocycles. The molecule has 8 heteroatoms. The van der Waals surface area contributed by atoms with Gasteiger partial charge in [-0.05, 0) is 32.4 Å². The number of likely N-dealkylation sites (tertiary alicyclic amines) is 1. The van der Waals surface area contributed by atoms with Crippen LogP contribution in [0.5, 0.6) is 0 Å². The third-order valence-electron chi connectivity index (χ3n) is 3.84. The zero-order chi connectivity index (χ0) is 13.5. The fourth-order valence-corrected chi connectivity index (χ4v) is 4.42. The van der Waals surface area contributed by atoms with Crippen LogP contribution >= 0.6 is 11.3 Å². The molecule has 19 heavy (non-hydrogen) atoms. The minimum atomic E-state index is -3.62. The summed E-state index contributed by atoms with van der Waals surface area (Å²) in [7, 11) is -3.62. The minimum Gasteiger partial charge on any atom is -0.346 e. The summed E-state index contributed by atoms with van der Waals surface area (Å²) in [6.07, 6.45) is 5.08. The van der Waals surface area contributed by atoms with Gasteiger partial charge in [0.25, 0.3) is 0 Å². The second kappa shape index (κ2) is 5.01. The van der Waals surface area contributed by atoms with Crippen LogP contribution in [0, 0.1) is 0 Å². The maximum absolute atomic E-state index is 11.3. The van der Waals surface area contributed by atoms with E-state index in [1.165, 1.54) is 32.1 Å². The summed E-state index contributed by atoms with van der Waals surface area (Å²) < 4.78 is 22.7. The monoisotopic (exact) mass is 302 g/mol. The van der Waals surface area contributed by atoms with E-state index in [0.717, 1.165) is 36.0 Å². The lowest BCUT2D eigenvalue weighted by Crippen LogP contribution is -2.35. The Morgan fingerprint density at radius 1 is 1.32 bits per heavy atom. The molecule has 0 radical (unpaired) electrons. The lowest BCUT2D eigenvalue weighted by atomic mass is 10.2. The number of nitrogens with two attached hydrogens (primary N) is 1. The van der Waals surface area contributed by atoms with Gasteiger partial charge in [-0.2, -0.15) is 0 Å². The Labute approximate surface area is 117 Å². The number of aromatic nitrogens is 1. The molecule has 1 unspecified atom stereocenters. The van der Waals surface area contributed by atoms with Crippen LogP contribution in [-0.4, -0.2) is 50.5 Å². The number of hydrogen-bond donors (Lipinski definition) is 1. The molecule has 2 aliphatic rings. The Balaban J connectivity index is 1.69. The van der Waals surface area contributed by atoms with Gasteiger partial charge >= 0.3 is 0 Å². The molecule has 2 fully saturated rings. The fourth-order valence-electron chi connectivity index (χ4n) is 2.85. The van der Waals surface area contributed by atoms with Crippen LogP contribution in [0.2, 0.25) is 0 Å². The standard InChI is InChI=1S/C11H18N4O2S2/c12-19(16,17)10-7-13-11(18-10)15-6-3-9(8-15)14-4-1-2-5-14/h7,9H,1-6,8H2,(H2,12,16,17). The van der Waals surface area contributed by atoms with Gasteiger partial charge in [0.15, 0.2) is 9.34 Å². The SMILES string of the molecule is NS(=O)(=O)c1cnc(N2CCC(N3CCCC3)C2)s1. The summed E-state index contributed by atoms with van der Waals surface area (Å²) in [6, 6.07) is 0.587. The molecule has 0 spiro atoms. The molecule has 2 N–H and O–H groups in total. The molecule has 0 amide bonds. The summed E-state index contributed by atoms with van der Waals surface area (Å²) in [5, 5.41) is 5.88.